The number of aromatic nitrogens is 4. The van der Waals surface area contributed by atoms with Crippen LogP contribution in [0, 0.1) is 6.92 Å². The van der Waals surface area contributed by atoms with Crippen molar-refractivity contribution in [3.63, 3.8) is 0 Å². The van der Waals surface area contributed by atoms with E-state index in [1.807, 2.05) is 60.8 Å². The largest absolute Gasteiger partial charge is 0.325 e. The highest BCUT2D eigenvalue weighted by Crippen LogP contribution is 2.24. The van der Waals surface area contributed by atoms with Crippen LogP contribution in [0.1, 0.15) is 16.3 Å². The van der Waals surface area contributed by atoms with Crippen molar-refractivity contribution in [1.29, 1.82) is 0 Å². The Morgan fingerprint density at radius 3 is 2.77 bits per heavy atom. The number of hydrogen-bond donors (Lipinski definition) is 2. The van der Waals surface area contributed by atoms with Gasteiger partial charge < -0.3 is 5.32 Å². The second kappa shape index (κ2) is 9.42. The van der Waals surface area contributed by atoms with Crippen molar-refractivity contribution in [2.75, 3.05) is 5.32 Å². The molecule has 0 unspecified atom stereocenters. The van der Waals surface area contributed by atoms with Gasteiger partial charge in [0.25, 0.3) is 0 Å². The summed E-state index contributed by atoms with van der Waals surface area (Å²) in [5.41, 5.74) is 3.69. The van der Waals surface area contributed by atoms with Gasteiger partial charge >= 0.3 is 0 Å². The third-order valence-electron chi connectivity index (χ3n) is 4.26. The molecule has 2 aromatic carbocycles. The molecule has 4 aromatic rings. The fourth-order valence-electron chi connectivity index (χ4n) is 2.73. The van der Waals surface area contributed by atoms with Crippen LogP contribution in [-0.2, 0) is 17.0 Å². The predicted molar refractivity (Wildman–Crippen MR) is 122 cm³/mol. The summed E-state index contributed by atoms with van der Waals surface area (Å²) in [5.74, 6) is 1.26. The van der Waals surface area contributed by atoms with Gasteiger partial charge in [0, 0.05) is 27.4 Å². The van der Waals surface area contributed by atoms with E-state index in [4.69, 9.17) is 11.6 Å². The van der Waals surface area contributed by atoms with E-state index in [1.165, 1.54) is 23.1 Å². The molecule has 0 aliphatic rings. The average Bonchev–Trinajstić information content (AvgIpc) is 3.38. The van der Waals surface area contributed by atoms with E-state index in [0.717, 1.165) is 27.5 Å². The van der Waals surface area contributed by atoms with Crippen LogP contribution < -0.4 is 5.32 Å². The number of aryl methyl sites for hydroxylation is 1. The van der Waals surface area contributed by atoms with Crippen LogP contribution in [-0.4, -0.2) is 26.1 Å². The number of carbonyl (C=O) groups excluding carboxylic acids is 1. The lowest BCUT2D eigenvalue weighted by Gasteiger charge is -2.06. The molecule has 0 aliphatic carbocycles. The van der Waals surface area contributed by atoms with Gasteiger partial charge in [0.15, 0.2) is 5.82 Å². The molecule has 2 aromatic heterocycles. The lowest BCUT2D eigenvalue weighted by Crippen LogP contribution is -2.15. The minimum absolute atomic E-state index is 0.0700. The fraction of sp³-hybridized carbons (Fsp3) is 0.143. The molecule has 0 saturated carbocycles. The molecule has 0 saturated heterocycles. The van der Waals surface area contributed by atoms with Crippen molar-refractivity contribution in [3.8, 4) is 11.4 Å². The Balaban J connectivity index is 1.31. The topological polar surface area (TPSA) is 83.6 Å². The molecule has 2 heterocycles. The molecule has 4 rings (SSSR count). The number of rotatable bonds is 7. The van der Waals surface area contributed by atoms with Gasteiger partial charge in [-0.25, -0.2) is 9.97 Å². The number of amides is 1. The summed E-state index contributed by atoms with van der Waals surface area (Å²) < 4.78 is 0. The van der Waals surface area contributed by atoms with Crippen molar-refractivity contribution in [2.45, 2.75) is 24.3 Å². The zero-order valence-electron chi connectivity index (χ0n) is 16.1. The summed E-state index contributed by atoms with van der Waals surface area (Å²) in [6, 6.07) is 15.1. The molecule has 0 spiro atoms. The van der Waals surface area contributed by atoms with Crippen molar-refractivity contribution < 1.29 is 4.79 Å². The normalized spacial score (nSPS) is 10.9. The molecule has 6 nitrogen and oxygen atoms in total. The monoisotopic (exact) mass is 455 g/mol. The van der Waals surface area contributed by atoms with Crippen LogP contribution in [0.25, 0.3) is 11.4 Å². The van der Waals surface area contributed by atoms with Gasteiger partial charge in [0.1, 0.15) is 5.01 Å². The Bertz CT molecular complexity index is 1160. The van der Waals surface area contributed by atoms with Gasteiger partial charge in [0.05, 0.1) is 12.1 Å². The molecule has 152 valence electrons. The van der Waals surface area contributed by atoms with Gasteiger partial charge in [-0.15, -0.1) is 16.4 Å². The zero-order chi connectivity index (χ0) is 20.9. The molecule has 30 heavy (non-hydrogen) atoms. The summed E-state index contributed by atoms with van der Waals surface area (Å²) in [6.07, 6.45) is 0.255. The number of H-pyrrole nitrogens is 1. The molecule has 0 aliphatic heterocycles. The number of hydrogen-bond acceptors (Lipinski definition) is 6. The van der Waals surface area contributed by atoms with E-state index in [9.17, 15) is 4.79 Å². The van der Waals surface area contributed by atoms with Gasteiger partial charge in [-0.3, -0.25) is 9.89 Å². The Kier molecular flexibility index (Phi) is 6.47. The van der Waals surface area contributed by atoms with Crippen LogP contribution in [0.4, 0.5) is 5.69 Å². The SMILES string of the molecule is Cc1ccccc1NC(=O)Cc1nc(CSc2n[nH]c(-c3ccc(Cl)cc3)n2)cs1. The fourth-order valence-corrected chi connectivity index (χ4v) is 4.44. The highest BCUT2D eigenvalue weighted by molar-refractivity contribution is 7.98. The lowest BCUT2D eigenvalue weighted by atomic mass is 10.2. The average molecular weight is 456 g/mol. The van der Waals surface area contributed by atoms with E-state index in [1.54, 1.807) is 0 Å². The van der Waals surface area contributed by atoms with Gasteiger partial charge in [0.2, 0.25) is 11.1 Å². The first-order valence-corrected chi connectivity index (χ1v) is 11.4. The van der Waals surface area contributed by atoms with Crippen LogP contribution >= 0.6 is 34.7 Å². The first-order chi connectivity index (χ1) is 14.6. The number of thiazole rings is 1. The molecular weight excluding hydrogens is 438 g/mol. The lowest BCUT2D eigenvalue weighted by molar-refractivity contribution is -0.115. The summed E-state index contributed by atoms with van der Waals surface area (Å²) >= 11 is 8.90. The van der Waals surface area contributed by atoms with E-state index in [0.29, 0.717) is 21.8 Å². The number of nitrogens with one attached hydrogen (secondary N) is 2. The van der Waals surface area contributed by atoms with E-state index >= 15 is 0 Å². The molecule has 0 radical (unpaired) electrons. The Morgan fingerprint density at radius 1 is 1.17 bits per heavy atom. The second-order valence-corrected chi connectivity index (χ2v) is 8.86. The quantitative estimate of drug-likeness (QED) is 0.366. The molecular formula is C21H18ClN5OS2. The highest BCUT2D eigenvalue weighted by Gasteiger charge is 2.11. The first-order valence-electron chi connectivity index (χ1n) is 9.17. The second-order valence-electron chi connectivity index (χ2n) is 6.53. The van der Waals surface area contributed by atoms with Crippen molar-refractivity contribution in [1.82, 2.24) is 20.2 Å². The number of halogens is 1. The van der Waals surface area contributed by atoms with E-state index in [-0.39, 0.29) is 12.3 Å². The Morgan fingerprint density at radius 2 is 1.97 bits per heavy atom. The number of carbonyl (C=O) groups is 1. The highest BCUT2D eigenvalue weighted by atomic mass is 35.5. The summed E-state index contributed by atoms with van der Waals surface area (Å²) in [6.45, 7) is 1.97. The molecule has 2 N–H and O–H groups in total. The maximum Gasteiger partial charge on any atom is 0.231 e. The van der Waals surface area contributed by atoms with Gasteiger partial charge in [-0.05, 0) is 42.8 Å². The van der Waals surface area contributed by atoms with Crippen LogP contribution in [0.5, 0.6) is 0 Å². The summed E-state index contributed by atoms with van der Waals surface area (Å²) in [4.78, 5) is 21.4. The van der Waals surface area contributed by atoms with Crippen LogP contribution in [0.3, 0.4) is 0 Å². The number of para-hydroxylation sites is 1. The van der Waals surface area contributed by atoms with E-state index < -0.39 is 0 Å². The maximum absolute atomic E-state index is 12.3. The molecule has 1 amide bonds. The Labute approximate surface area is 187 Å². The zero-order valence-corrected chi connectivity index (χ0v) is 18.4. The number of anilines is 1. The molecule has 9 heteroatoms. The standard InChI is InChI=1S/C21H18ClN5OS2/c1-13-4-2-3-5-17(13)24-18(28)10-19-23-16(11-29-19)12-30-21-25-20(26-27-21)14-6-8-15(22)9-7-14/h2-9,11H,10,12H2,1H3,(H,24,28)(H,25,26,27). The molecule has 0 fully saturated rings. The number of thioether (sulfide) groups is 1. The molecule has 0 bridgehead atoms. The number of nitrogens with zero attached hydrogens (tertiary/aromatic N) is 3. The summed E-state index contributed by atoms with van der Waals surface area (Å²) in [5, 5.41) is 14.2. The molecule has 0 atom stereocenters. The Hall–Kier alpha value is -2.68. The van der Waals surface area contributed by atoms with Crippen molar-refractivity contribution in [2.24, 2.45) is 0 Å². The van der Waals surface area contributed by atoms with E-state index in [2.05, 4.69) is 25.5 Å². The third kappa shape index (κ3) is 5.27. The number of benzene rings is 2. The smallest absolute Gasteiger partial charge is 0.231 e. The van der Waals surface area contributed by atoms with Gasteiger partial charge in [-0.1, -0.05) is 41.6 Å². The minimum Gasteiger partial charge on any atom is -0.325 e. The van der Waals surface area contributed by atoms with Gasteiger partial charge in [-0.2, -0.15) is 0 Å². The number of aromatic amines is 1. The van der Waals surface area contributed by atoms with Crippen molar-refractivity contribution in [3.05, 3.63) is 75.2 Å². The van der Waals surface area contributed by atoms with Crippen LogP contribution in [0.2, 0.25) is 5.02 Å². The summed E-state index contributed by atoms with van der Waals surface area (Å²) in [7, 11) is 0. The minimum atomic E-state index is -0.0700. The maximum atomic E-state index is 12.3. The van der Waals surface area contributed by atoms with Crippen molar-refractivity contribution >= 4 is 46.3 Å². The third-order valence-corrected chi connectivity index (χ3v) is 6.29. The first kappa shape index (κ1) is 20.6. The predicted octanol–water partition coefficient (Wildman–Crippen LogP) is 5.36. The van der Waals surface area contributed by atoms with Crippen LogP contribution in [0.15, 0.2) is 59.1 Å².